The number of hydrogen-bond acceptors (Lipinski definition) is 3. The predicted octanol–water partition coefficient (Wildman–Crippen LogP) is 1.66. The largest absolute Gasteiger partial charge is 0.508 e. The van der Waals surface area contributed by atoms with Crippen LogP contribution in [-0.4, -0.2) is 24.7 Å². The average Bonchev–Trinajstić information content (AvgIpc) is 2.42. The Morgan fingerprint density at radius 1 is 1.60 bits per heavy atom. The number of aromatic hydroxyl groups is 1. The number of phenolic OH excluding ortho intramolecular Hbond substituents is 1. The number of anilines is 1. The highest BCUT2D eigenvalue weighted by molar-refractivity contribution is 5.61. The summed E-state index contributed by atoms with van der Waals surface area (Å²) in [6.07, 6.45) is 0.973. The third-order valence-corrected chi connectivity index (χ3v) is 3.01. The van der Waals surface area contributed by atoms with Crippen LogP contribution in [0.3, 0.4) is 0 Å². The zero-order valence-electron chi connectivity index (χ0n) is 9.27. The Morgan fingerprint density at radius 3 is 3.00 bits per heavy atom. The van der Waals surface area contributed by atoms with Crippen molar-refractivity contribution in [2.75, 3.05) is 18.5 Å². The van der Waals surface area contributed by atoms with E-state index in [0.717, 1.165) is 13.0 Å². The summed E-state index contributed by atoms with van der Waals surface area (Å²) >= 11 is 0. The minimum Gasteiger partial charge on any atom is -0.508 e. The molecule has 0 saturated heterocycles. The molecule has 82 valence electrons. The Morgan fingerprint density at radius 2 is 2.33 bits per heavy atom. The number of nitrogens with zero attached hydrogens (tertiary/aromatic N) is 1. The molecule has 1 aromatic carbocycles. The fraction of sp³-hybridized carbons (Fsp3) is 0.500. The third kappa shape index (κ3) is 1.92. The Hall–Kier alpha value is -1.22. The molecule has 3 heteroatoms. The van der Waals surface area contributed by atoms with Crippen LogP contribution in [0, 0.1) is 0 Å². The number of hydrogen-bond donors (Lipinski definition) is 2. The molecule has 1 aliphatic heterocycles. The van der Waals surface area contributed by atoms with Crippen LogP contribution in [0.1, 0.15) is 24.8 Å². The molecule has 1 aromatic rings. The van der Waals surface area contributed by atoms with Crippen molar-refractivity contribution in [1.29, 1.82) is 0 Å². The van der Waals surface area contributed by atoms with Gasteiger partial charge in [0.15, 0.2) is 0 Å². The fourth-order valence-electron chi connectivity index (χ4n) is 2.39. The van der Waals surface area contributed by atoms with Gasteiger partial charge in [-0.2, -0.15) is 0 Å². The van der Waals surface area contributed by atoms with Crippen LogP contribution in [0.4, 0.5) is 5.69 Å². The van der Waals surface area contributed by atoms with Crippen molar-refractivity contribution in [3.8, 4) is 5.75 Å². The van der Waals surface area contributed by atoms with Crippen molar-refractivity contribution in [3.05, 3.63) is 23.8 Å². The molecule has 0 saturated carbocycles. The van der Waals surface area contributed by atoms with Gasteiger partial charge in [0, 0.05) is 31.2 Å². The minimum atomic E-state index is 0.205. The maximum absolute atomic E-state index is 9.48. The zero-order valence-corrected chi connectivity index (χ0v) is 9.27. The molecule has 0 radical (unpaired) electrons. The molecule has 0 fully saturated rings. The van der Waals surface area contributed by atoms with Gasteiger partial charge in [0.25, 0.3) is 0 Å². The van der Waals surface area contributed by atoms with Crippen molar-refractivity contribution in [2.24, 2.45) is 5.73 Å². The summed E-state index contributed by atoms with van der Waals surface area (Å²) in [5.41, 5.74) is 8.28. The first kappa shape index (κ1) is 10.3. The SMILES string of the molecule is CC(N)CC1CN(C)c2ccc(O)cc21. The van der Waals surface area contributed by atoms with Gasteiger partial charge in [0.2, 0.25) is 0 Å². The lowest BCUT2D eigenvalue weighted by Crippen LogP contribution is -2.22. The van der Waals surface area contributed by atoms with E-state index in [-0.39, 0.29) is 6.04 Å². The minimum absolute atomic E-state index is 0.205. The Kier molecular flexibility index (Phi) is 2.57. The summed E-state index contributed by atoms with van der Waals surface area (Å²) in [7, 11) is 2.08. The van der Waals surface area contributed by atoms with E-state index in [9.17, 15) is 5.11 Å². The van der Waals surface area contributed by atoms with Gasteiger partial charge < -0.3 is 15.7 Å². The molecule has 2 unspecified atom stereocenters. The molecule has 0 aromatic heterocycles. The summed E-state index contributed by atoms with van der Waals surface area (Å²) in [4.78, 5) is 2.22. The maximum atomic E-state index is 9.48. The summed E-state index contributed by atoms with van der Waals surface area (Å²) in [5, 5.41) is 9.48. The first-order valence-corrected chi connectivity index (χ1v) is 5.37. The van der Waals surface area contributed by atoms with Gasteiger partial charge >= 0.3 is 0 Å². The van der Waals surface area contributed by atoms with Crippen LogP contribution in [-0.2, 0) is 0 Å². The second-order valence-corrected chi connectivity index (χ2v) is 4.53. The van der Waals surface area contributed by atoms with E-state index in [4.69, 9.17) is 5.73 Å². The van der Waals surface area contributed by atoms with Crippen LogP contribution >= 0.6 is 0 Å². The first-order chi connectivity index (χ1) is 7.08. The summed E-state index contributed by atoms with van der Waals surface area (Å²) in [6.45, 7) is 3.03. The van der Waals surface area contributed by atoms with Gasteiger partial charge in [0.05, 0.1) is 0 Å². The number of phenols is 1. The third-order valence-electron chi connectivity index (χ3n) is 3.01. The van der Waals surface area contributed by atoms with Crippen molar-refractivity contribution < 1.29 is 5.11 Å². The Balaban J connectivity index is 2.31. The summed E-state index contributed by atoms with van der Waals surface area (Å²) < 4.78 is 0. The molecule has 2 rings (SSSR count). The molecule has 0 aliphatic carbocycles. The van der Waals surface area contributed by atoms with E-state index in [0.29, 0.717) is 11.7 Å². The molecular formula is C12H18N2O. The number of benzene rings is 1. The Labute approximate surface area is 90.5 Å². The van der Waals surface area contributed by atoms with Crippen LogP contribution in [0.5, 0.6) is 5.75 Å². The van der Waals surface area contributed by atoms with Gasteiger partial charge in [0.1, 0.15) is 5.75 Å². The van der Waals surface area contributed by atoms with Crippen molar-refractivity contribution in [2.45, 2.75) is 25.3 Å². The highest BCUT2D eigenvalue weighted by Gasteiger charge is 2.27. The van der Waals surface area contributed by atoms with Crippen LogP contribution < -0.4 is 10.6 Å². The zero-order chi connectivity index (χ0) is 11.0. The lowest BCUT2D eigenvalue weighted by Gasteiger charge is -2.14. The molecule has 2 atom stereocenters. The van der Waals surface area contributed by atoms with Gasteiger partial charge in [-0.3, -0.25) is 0 Å². The highest BCUT2D eigenvalue weighted by atomic mass is 16.3. The van der Waals surface area contributed by atoms with E-state index in [2.05, 4.69) is 11.9 Å². The molecule has 0 spiro atoms. The number of nitrogens with two attached hydrogens (primary N) is 1. The van der Waals surface area contributed by atoms with Gasteiger partial charge in [-0.05, 0) is 37.1 Å². The highest BCUT2D eigenvalue weighted by Crippen LogP contribution is 2.39. The predicted molar refractivity (Wildman–Crippen MR) is 62.4 cm³/mol. The standard InChI is InChI=1S/C12H18N2O/c1-8(13)5-9-7-14(2)12-4-3-10(15)6-11(9)12/h3-4,6,8-9,15H,5,7,13H2,1-2H3. The Bertz CT molecular complexity index is 361. The second kappa shape index (κ2) is 3.74. The van der Waals surface area contributed by atoms with Gasteiger partial charge in [-0.1, -0.05) is 0 Å². The molecule has 0 bridgehead atoms. The second-order valence-electron chi connectivity index (χ2n) is 4.53. The van der Waals surface area contributed by atoms with Gasteiger partial charge in [-0.25, -0.2) is 0 Å². The van der Waals surface area contributed by atoms with Crippen molar-refractivity contribution in [3.63, 3.8) is 0 Å². The van der Waals surface area contributed by atoms with Crippen molar-refractivity contribution in [1.82, 2.24) is 0 Å². The quantitative estimate of drug-likeness (QED) is 0.773. The summed E-state index contributed by atoms with van der Waals surface area (Å²) in [5.74, 6) is 0.802. The topological polar surface area (TPSA) is 49.5 Å². The molecule has 15 heavy (non-hydrogen) atoms. The van der Waals surface area contributed by atoms with Gasteiger partial charge in [-0.15, -0.1) is 0 Å². The van der Waals surface area contributed by atoms with E-state index < -0.39 is 0 Å². The average molecular weight is 206 g/mol. The number of fused-ring (bicyclic) bond motifs is 1. The molecule has 1 aliphatic rings. The lowest BCUT2D eigenvalue weighted by atomic mass is 9.95. The smallest absolute Gasteiger partial charge is 0.116 e. The van der Waals surface area contributed by atoms with Crippen LogP contribution in [0.2, 0.25) is 0 Å². The molecule has 0 amide bonds. The molecule has 3 nitrogen and oxygen atoms in total. The molecular weight excluding hydrogens is 188 g/mol. The van der Waals surface area contributed by atoms with Crippen molar-refractivity contribution >= 4 is 5.69 Å². The molecule has 3 N–H and O–H groups in total. The van der Waals surface area contributed by atoms with E-state index in [1.54, 1.807) is 6.07 Å². The van der Waals surface area contributed by atoms with Crippen LogP contribution in [0.25, 0.3) is 0 Å². The lowest BCUT2D eigenvalue weighted by molar-refractivity contribution is 0.473. The monoisotopic (exact) mass is 206 g/mol. The normalized spacial score (nSPS) is 21.5. The van der Waals surface area contributed by atoms with E-state index in [1.807, 2.05) is 19.1 Å². The summed E-state index contributed by atoms with van der Waals surface area (Å²) in [6, 6.07) is 5.79. The molecule has 1 heterocycles. The fourth-order valence-corrected chi connectivity index (χ4v) is 2.39. The van der Waals surface area contributed by atoms with E-state index in [1.165, 1.54) is 11.3 Å². The first-order valence-electron chi connectivity index (χ1n) is 5.37. The van der Waals surface area contributed by atoms with Crippen LogP contribution in [0.15, 0.2) is 18.2 Å². The maximum Gasteiger partial charge on any atom is 0.116 e. The number of likely N-dealkylation sites (N-methyl/N-ethyl adjacent to an activating group) is 1. The number of rotatable bonds is 2. The van der Waals surface area contributed by atoms with E-state index >= 15 is 0 Å².